The highest BCUT2D eigenvalue weighted by Gasteiger charge is 2.66. The van der Waals surface area contributed by atoms with Crippen molar-refractivity contribution in [2.75, 3.05) is 7.11 Å². The van der Waals surface area contributed by atoms with Gasteiger partial charge in [-0.25, -0.2) is 9.59 Å². The monoisotopic (exact) mass is 307 g/mol. The minimum atomic E-state index is -1.27. The molecule has 1 aromatic rings. The number of rotatable bonds is 4. The molecule has 1 aliphatic carbocycles. The van der Waals surface area contributed by atoms with Crippen LogP contribution in [0.15, 0.2) is 30.3 Å². The predicted octanol–water partition coefficient (Wildman–Crippen LogP) is 1.62. The van der Waals surface area contributed by atoms with Crippen LogP contribution in [0.2, 0.25) is 0 Å². The fourth-order valence-corrected chi connectivity index (χ4v) is 2.68. The molecular formula is C16H21NO5. The molecule has 1 aliphatic rings. The molecule has 6 nitrogen and oxygen atoms in total. The number of nitrogens with one attached hydrogen (secondary N) is 1. The Morgan fingerprint density at radius 2 is 1.95 bits per heavy atom. The van der Waals surface area contributed by atoms with Crippen LogP contribution in [0.25, 0.3) is 0 Å². The van der Waals surface area contributed by atoms with Crippen molar-refractivity contribution in [3.05, 3.63) is 35.9 Å². The summed E-state index contributed by atoms with van der Waals surface area (Å²) < 4.78 is 9.93. The van der Waals surface area contributed by atoms with Crippen LogP contribution in [0.4, 0.5) is 4.79 Å². The largest absolute Gasteiger partial charge is 0.467 e. The Bertz CT molecular complexity index is 557. The summed E-state index contributed by atoms with van der Waals surface area (Å²) in [5.41, 5.74) is -1.25. The molecule has 1 amide bonds. The van der Waals surface area contributed by atoms with E-state index in [2.05, 4.69) is 5.32 Å². The van der Waals surface area contributed by atoms with E-state index in [0.29, 0.717) is 0 Å². The smallest absolute Gasteiger partial charge is 0.408 e. The van der Waals surface area contributed by atoms with E-state index in [9.17, 15) is 14.7 Å². The summed E-state index contributed by atoms with van der Waals surface area (Å²) in [4.78, 5) is 24.1. The minimum absolute atomic E-state index is 0.104. The highest BCUT2D eigenvalue weighted by Crippen LogP contribution is 2.50. The molecule has 1 saturated carbocycles. The Morgan fingerprint density at radius 3 is 2.45 bits per heavy atom. The maximum Gasteiger partial charge on any atom is 0.408 e. The SMILES string of the molecule is COC(=O)C1(NC(=O)OCc2ccccc2)CC(O)C1(C)C. The minimum Gasteiger partial charge on any atom is -0.467 e. The molecule has 2 N–H and O–H groups in total. The Balaban J connectivity index is 2.03. The molecule has 2 atom stereocenters. The second kappa shape index (κ2) is 5.96. The van der Waals surface area contributed by atoms with E-state index in [4.69, 9.17) is 9.47 Å². The van der Waals surface area contributed by atoms with Crippen molar-refractivity contribution in [1.82, 2.24) is 5.32 Å². The molecule has 120 valence electrons. The van der Waals surface area contributed by atoms with Crippen molar-refractivity contribution >= 4 is 12.1 Å². The first-order valence-electron chi connectivity index (χ1n) is 7.09. The first-order valence-corrected chi connectivity index (χ1v) is 7.09. The molecule has 2 unspecified atom stereocenters. The number of esters is 1. The zero-order valence-corrected chi connectivity index (χ0v) is 13.0. The number of ether oxygens (including phenoxy) is 2. The van der Waals surface area contributed by atoms with Crippen LogP contribution in [-0.4, -0.2) is 35.9 Å². The highest BCUT2D eigenvalue weighted by molar-refractivity contribution is 5.88. The van der Waals surface area contributed by atoms with E-state index in [-0.39, 0.29) is 13.0 Å². The molecule has 2 rings (SSSR count). The summed E-state index contributed by atoms with van der Waals surface area (Å²) in [5.74, 6) is -0.584. The number of hydrogen-bond acceptors (Lipinski definition) is 5. The molecule has 0 saturated heterocycles. The molecule has 0 aliphatic heterocycles. The molecule has 0 aromatic heterocycles. The van der Waals surface area contributed by atoms with Gasteiger partial charge in [0.05, 0.1) is 13.2 Å². The number of methoxy groups -OCH3 is 1. The van der Waals surface area contributed by atoms with Crippen LogP contribution in [0.3, 0.4) is 0 Å². The fourth-order valence-electron chi connectivity index (χ4n) is 2.68. The van der Waals surface area contributed by atoms with Crippen molar-refractivity contribution in [3.8, 4) is 0 Å². The van der Waals surface area contributed by atoms with Gasteiger partial charge in [-0.05, 0) is 5.56 Å². The van der Waals surface area contributed by atoms with Crippen LogP contribution in [0.5, 0.6) is 0 Å². The molecule has 0 heterocycles. The Kier molecular flexibility index (Phi) is 4.42. The number of aliphatic hydroxyl groups is 1. The molecular weight excluding hydrogens is 286 g/mol. The van der Waals surface area contributed by atoms with Gasteiger partial charge in [0.25, 0.3) is 0 Å². The third-order valence-electron chi connectivity index (χ3n) is 4.49. The average Bonchev–Trinajstić information content (AvgIpc) is 2.52. The normalized spacial score (nSPS) is 25.7. The zero-order chi connectivity index (χ0) is 16.4. The van der Waals surface area contributed by atoms with Gasteiger partial charge < -0.3 is 19.9 Å². The van der Waals surface area contributed by atoms with Crippen LogP contribution in [-0.2, 0) is 20.9 Å². The maximum absolute atomic E-state index is 12.1. The predicted molar refractivity (Wildman–Crippen MR) is 78.9 cm³/mol. The summed E-state index contributed by atoms with van der Waals surface area (Å²) in [6, 6.07) is 9.23. The summed E-state index contributed by atoms with van der Waals surface area (Å²) in [6.07, 6.45) is -1.30. The molecule has 0 radical (unpaired) electrons. The number of hydrogen-bond donors (Lipinski definition) is 2. The van der Waals surface area contributed by atoms with Gasteiger partial charge in [0.1, 0.15) is 6.61 Å². The second-order valence-electron chi connectivity index (χ2n) is 6.03. The van der Waals surface area contributed by atoms with Crippen molar-refractivity contribution in [3.63, 3.8) is 0 Å². The lowest BCUT2D eigenvalue weighted by molar-refractivity contribution is -0.184. The van der Waals surface area contributed by atoms with Gasteiger partial charge in [0.2, 0.25) is 0 Å². The lowest BCUT2D eigenvalue weighted by Gasteiger charge is -2.56. The Morgan fingerprint density at radius 1 is 1.32 bits per heavy atom. The summed E-state index contributed by atoms with van der Waals surface area (Å²) >= 11 is 0. The third-order valence-corrected chi connectivity index (χ3v) is 4.49. The maximum atomic E-state index is 12.1. The summed E-state index contributed by atoms with van der Waals surface area (Å²) in [6.45, 7) is 3.51. The fraction of sp³-hybridized carbons (Fsp3) is 0.500. The van der Waals surface area contributed by atoms with Gasteiger partial charge in [0, 0.05) is 11.8 Å². The summed E-state index contributed by atoms with van der Waals surface area (Å²) in [5, 5.41) is 12.5. The van der Waals surface area contributed by atoms with E-state index in [0.717, 1.165) is 5.56 Å². The van der Waals surface area contributed by atoms with Gasteiger partial charge in [-0.3, -0.25) is 0 Å². The Hall–Kier alpha value is -2.08. The summed E-state index contributed by atoms with van der Waals surface area (Å²) in [7, 11) is 1.25. The highest BCUT2D eigenvalue weighted by atomic mass is 16.6. The van der Waals surface area contributed by atoms with Gasteiger partial charge in [-0.15, -0.1) is 0 Å². The third kappa shape index (κ3) is 2.66. The van der Waals surface area contributed by atoms with Gasteiger partial charge >= 0.3 is 12.1 Å². The first kappa shape index (κ1) is 16.3. The zero-order valence-electron chi connectivity index (χ0n) is 13.0. The number of amides is 1. The van der Waals surface area contributed by atoms with Crippen LogP contribution in [0.1, 0.15) is 25.8 Å². The van der Waals surface area contributed by atoms with E-state index < -0.39 is 29.1 Å². The van der Waals surface area contributed by atoms with Crippen molar-refractivity contribution in [2.45, 2.75) is 38.5 Å². The van der Waals surface area contributed by atoms with Crippen LogP contribution in [0, 0.1) is 5.41 Å². The quantitative estimate of drug-likeness (QED) is 0.826. The molecule has 6 heteroatoms. The lowest BCUT2D eigenvalue weighted by Crippen LogP contribution is -2.75. The van der Waals surface area contributed by atoms with Gasteiger partial charge in [0.15, 0.2) is 5.54 Å². The lowest BCUT2D eigenvalue weighted by atomic mass is 9.54. The van der Waals surface area contributed by atoms with Gasteiger partial charge in [-0.1, -0.05) is 44.2 Å². The van der Waals surface area contributed by atoms with E-state index in [1.807, 2.05) is 30.3 Å². The second-order valence-corrected chi connectivity index (χ2v) is 6.03. The van der Waals surface area contributed by atoms with E-state index in [1.165, 1.54) is 7.11 Å². The molecule has 0 bridgehead atoms. The topological polar surface area (TPSA) is 84.9 Å². The molecule has 22 heavy (non-hydrogen) atoms. The van der Waals surface area contributed by atoms with E-state index >= 15 is 0 Å². The van der Waals surface area contributed by atoms with E-state index in [1.54, 1.807) is 13.8 Å². The first-order chi connectivity index (χ1) is 10.3. The number of alkyl carbamates (subject to hydrolysis) is 1. The van der Waals surface area contributed by atoms with Crippen molar-refractivity contribution in [2.24, 2.45) is 5.41 Å². The molecule has 1 fully saturated rings. The Labute approximate surface area is 129 Å². The average molecular weight is 307 g/mol. The van der Waals surface area contributed by atoms with Crippen molar-refractivity contribution in [1.29, 1.82) is 0 Å². The molecule has 1 aromatic carbocycles. The molecule has 0 spiro atoms. The number of aliphatic hydroxyl groups excluding tert-OH is 1. The van der Waals surface area contributed by atoms with Crippen molar-refractivity contribution < 1.29 is 24.2 Å². The van der Waals surface area contributed by atoms with Crippen LogP contribution < -0.4 is 5.32 Å². The number of carbonyl (C=O) groups is 2. The number of benzene rings is 1. The standard InChI is InChI=1S/C16H21NO5/c1-15(2)12(18)9-16(15,13(19)21-3)17-14(20)22-10-11-7-5-4-6-8-11/h4-8,12,18H,9-10H2,1-3H3,(H,17,20). The number of carbonyl (C=O) groups excluding carboxylic acids is 2. The van der Waals surface area contributed by atoms with Gasteiger partial charge in [-0.2, -0.15) is 0 Å². The van der Waals surface area contributed by atoms with Crippen LogP contribution >= 0.6 is 0 Å².